The van der Waals surface area contributed by atoms with Crippen LogP contribution in [0.1, 0.15) is 5.89 Å². The van der Waals surface area contributed by atoms with Crippen molar-refractivity contribution in [3.05, 3.63) is 35.2 Å². The average molecular weight is 326 g/mol. The first kappa shape index (κ1) is 13.3. The molecule has 2 N–H and O–H groups in total. The van der Waals surface area contributed by atoms with Gasteiger partial charge in [-0.05, 0) is 12.1 Å². The highest BCUT2D eigenvalue weighted by molar-refractivity contribution is 8.00. The van der Waals surface area contributed by atoms with E-state index in [-0.39, 0.29) is 0 Å². The highest BCUT2D eigenvalue weighted by Crippen LogP contribution is 2.28. The van der Waals surface area contributed by atoms with Crippen molar-refractivity contribution in [2.75, 3.05) is 5.73 Å². The van der Waals surface area contributed by atoms with Gasteiger partial charge in [0.1, 0.15) is 0 Å². The lowest BCUT2D eigenvalue weighted by molar-refractivity contribution is 0.391. The van der Waals surface area contributed by atoms with E-state index in [1.807, 2.05) is 18.2 Å². The van der Waals surface area contributed by atoms with Crippen molar-refractivity contribution in [2.45, 2.75) is 10.1 Å². The van der Waals surface area contributed by atoms with Crippen molar-refractivity contribution in [2.24, 2.45) is 0 Å². The number of rotatable bonds is 4. The average Bonchev–Trinajstić information content (AvgIpc) is 3.06. The highest BCUT2D eigenvalue weighted by atomic mass is 35.5. The van der Waals surface area contributed by atoms with Gasteiger partial charge in [0.2, 0.25) is 16.8 Å². The van der Waals surface area contributed by atoms with E-state index in [1.165, 1.54) is 23.1 Å². The second-order valence-corrected chi connectivity index (χ2v) is 6.33. The van der Waals surface area contributed by atoms with Crippen LogP contribution in [0.4, 0.5) is 5.13 Å². The Bertz CT molecular complexity index is 729. The molecule has 0 fully saturated rings. The fourth-order valence-corrected chi connectivity index (χ4v) is 3.16. The van der Waals surface area contributed by atoms with Gasteiger partial charge in [0, 0.05) is 5.56 Å². The number of benzene rings is 1. The fraction of sp³-hybridized carbons (Fsp3) is 0.0909. The lowest BCUT2D eigenvalue weighted by atomic mass is 10.2. The zero-order valence-electron chi connectivity index (χ0n) is 9.99. The van der Waals surface area contributed by atoms with Crippen molar-refractivity contribution in [1.82, 2.24) is 20.3 Å². The van der Waals surface area contributed by atoms with Crippen molar-refractivity contribution < 1.29 is 4.52 Å². The van der Waals surface area contributed by atoms with E-state index >= 15 is 0 Å². The summed E-state index contributed by atoms with van der Waals surface area (Å²) in [6.45, 7) is 0. The molecule has 0 radical (unpaired) electrons. The highest BCUT2D eigenvalue weighted by Gasteiger charge is 2.12. The molecule has 6 nitrogen and oxygen atoms in total. The standard InChI is InChI=1S/C11H8ClN5OS2/c12-7-4-2-1-3-6(7)9-14-8(18-17-9)5-19-11-16-15-10(13)20-11/h1-4H,5H2,(H2,13,15). The van der Waals surface area contributed by atoms with E-state index in [0.717, 1.165) is 9.90 Å². The molecule has 2 aromatic heterocycles. The Morgan fingerprint density at radius 2 is 2.15 bits per heavy atom. The fourth-order valence-electron chi connectivity index (χ4n) is 1.47. The molecular formula is C11H8ClN5OS2. The zero-order chi connectivity index (χ0) is 13.9. The van der Waals surface area contributed by atoms with Crippen molar-refractivity contribution in [3.63, 3.8) is 0 Å². The number of anilines is 1. The number of nitrogens with two attached hydrogens (primary N) is 1. The summed E-state index contributed by atoms with van der Waals surface area (Å²) in [7, 11) is 0. The Labute approximate surface area is 127 Å². The van der Waals surface area contributed by atoms with Crippen LogP contribution in [-0.2, 0) is 5.75 Å². The van der Waals surface area contributed by atoms with Crippen LogP contribution in [-0.4, -0.2) is 20.3 Å². The third-order valence-corrected chi connectivity index (χ3v) is 4.52. The molecule has 0 spiro atoms. The molecular weight excluding hydrogens is 318 g/mol. The summed E-state index contributed by atoms with van der Waals surface area (Å²) in [6, 6.07) is 7.35. The number of thioether (sulfide) groups is 1. The van der Waals surface area contributed by atoms with Crippen LogP contribution in [0.3, 0.4) is 0 Å². The zero-order valence-corrected chi connectivity index (χ0v) is 12.4. The lowest BCUT2D eigenvalue weighted by Crippen LogP contribution is -1.83. The van der Waals surface area contributed by atoms with Gasteiger partial charge in [-0.25, -0.2) is 0 Å². The van der Waals surface area contributed by atoms with Crippen LogP contribution in [0, 0.1) is 0 Å². The summed E-state index contributed by atoms with van der Waals surface area (Å²) < 4.78 is 5.95. The molecule has 0 bridgehead atoms. The second-order valence-electron chi connectivity index (χ2n) is 3.69. The Hall–Kier alpha value is -1.64. The predicted molar refractivity (Wildman–Crippen MR) is 78.6 cm³/mol. The lowest BCUT2D eigenvalue weighted by Gasteiger charge is -1.95. The molecule has 0 unspecified atom stereocenters. The maximum absolute atomic E-state index is 6.09. The number of nitrogens with zero attached hydrogens (tertiary/aromatic N) is 4. The van der Waals surface area contributed by atoms with E-state index in [0.29, 0.717) is 27.6 Å². The molecule has 9 heteroatoms. The summed E-state index contributed by atoms with van der Waals surface area (Å²) >= 11 is 8.85. The Morgan fingerprint density at radius 1 is 1.30 bits per heavy atom. The van der Waals surface area contributed by atoms with E-state index < -0.39 is 0 Å². The van der Waals surface area contributed by atoms with Crippen LogP contribution < -0.4 is 5.73 Å². The summed E-state index contributed by atoms with van der Waals surface area (Å²) in [4.78, 5) is 4.31. The summed E-state index contributed by atoms with van der Waals surface area (Å²) in [5.74, 6) is 1.48. The smallest absolute Gasteiger partial charge is 0.237 e. The molecule has 3 rings (SSSR count). The van der Waals surface area contributed by atoms with Gasteiger partial charge in [0.25, 0.3) is 0 Å². The Kier molecular flexibility index (Phi) is 3.86. The Morgan fingerprint density at radius 3 is 2.90 bits per heavy atom. The normalized spacial score (nSPS) is 10.8. The number of nitrogen functional groups attached to an aromatic ring is 1. The topological polar surface area (TPSA) is 90.7 Å². The van der Waals surface area contributed by atoms with Crippen molar-refractivity contribution in [1.29, 1.82) is 0 Å². The molecule has 0 atom stereocenters. The molecule has 3 aromatic rings. The van der Waals surface area contributed by atoms with Gasteiger partial charge in [-0.15, -0.1) is 10.2 Å². The quantitative estimate of drug-likeness (QED) is 0.737. The minimum atomic E-state index is 0.440. The molecule has 20 heavy (non-hydrogen) atoms. The number of aromatic nitrogens is 4. The van der Waals surface area contributed by atoms with Gasteiger partial charge in [-0.1, -0.05) is 52.0 Å². The van der Waals surface area contributed by atoms with Crippen molar-refractivity contribution in [3.8, 4) is 11.4 Å². The van der Waals surface area contributed by atoms with Gasteiger partial charge in [0.05, 0.1) is 10.8 Å². The molecule has 2 heterocycles. The molecule has 0 aliphatic heterocycles. The second kappa shape index (κ2) is 5.78. The van der Waals surface area contributed by atoms with Gasteiger partial charge in [-0.3, -0.25) is 0 Å². The molecule has 1 aromatic carbocycles. The monoisotopic (exact) mass is 325 g/mol. The first-order valence-electron chi connectivity index (χ1n) is 5.51. The van der Waals surface area contributed by atoms with E-state index in [4.69, 9.17) is 21.9 Å². The number of halogens is 1. The molecule has 0 saturated heterocycles. The third-order valence-electron chi connectivity index (χ3n) is 2.32. The first-order valence-corrected chi connectivity index (χ1v) is 7.69. The number of hydrogen-bond donors (Lipinski definition) is 1. The van der Waals surface area contributed by atoms with Crippen LogP contribution in [0.15, 0.2) is 33.1 Å². The van der Waals surface area contributed by atoms with Crippen LogP contribution in [0.5, 0.6) is 0 Å². The molecule has 0 aliphatic rings. The molecule has 102 valence electrons. The molecule has 0 amide bonds. The minimum Gasteiger partial charge on any atom is -0.374 e. The minimum absolute atomic E-state index is 0.440. The maximum atomic E-state index is 6.09. The first-order chi connectivity index (χ1) is 9.72. The van der Waals surface area contributed by atoms with E-state index in [2.05, 4.69) is 20.3 Å². The maximum Gasteiger partial charge on any atom is 0.237 e. The van der Waals surface area contributed by atoms with E-state index in [1.54, 1.807) is 6.07 Å². The van der Waals surface area contributed by atoms with Crippen molar-refractivity contribution >= 4 is 39.8 Å². The van der Waals surface area contributed by atoms with Gasteiger partial charge < -0.3 is 10.3 Å². The summed E-state index contributed by atoms with van der Waals surface area (Å²) in [5, 5.41) is 12.6. The molecule has 0 saturated carbocycles. The van der Waals surface area contributed by atoms with Gasteiger partial charge in [-0.2, -0.15) is 4.98 Å². The largest absolute Gasteiger partial charge is 0.374 e. The van der Waals surface area contributed by atoms with Gasteiger partial charge in [0.15, 0.2) is 4.34 Å². The van der Waals surface area contributed by atoms with Crippen LogP contribution in [0.2, 0.25) is 5.02 Å². The summed E-state index contributed by atoms with van der Waals surface area (Å²) in [6.07, 6.45) is 0. The SMILES string of the molecule is Nc1nnc(SCc2nc(-c3ccccc3Cl)no2)s1. The number of hydrogen-bond acceptors (Lipinski definition) is 8. The third kappa shape index (κ3) is 2.92. The van der Waals surface area contributed by atoms with Crippen LogP contribution >= 0.6 is 34.7 Å². The van der Waals surface area contributed by atoms with Crippen LogP contribution in [0.25, 0.3) is 11.4 Å². The predicted octanol–water partition coefficient (Wildman–Crippen LogP) is 3.12. The Balaban J connectivity index is 1.72. The molecule has 0 aliphatic carbocycles. The van der Waals surface area contributed by atoms with Gasteiger partial charge >= 0.3 is 0 Å². The van der Waals surface area contributed by atoms with E-state index in [9.17, 15) is 0 Å². The summed E-state index contributed by atoms with van der Waals surface area (Å²) in [5.41, 5.74) is 6.25.